The van der Waals surface area contributed by atoms with E-state index in [9.17, 15) is 4.79 Å². The molecule has 1 aromatic carbocycles. The lowest BCUT2D eigenvalue weighted by Gasteiger charge is -2.03. The summed E-state index contributed by atoms with van der Waals surface area (Å²) in [6, 6.07) is 6.28. The molecular weight excluding hydrogens is 204 g/mol. The highest BCUT2D eigenvalue weighted by molar-refractivity contribution is 5.66. The standard InChI is InChI=1S/C13H16O3/c14-13(15)4-2-1-3-10-5-6-12-11(9-10)7-8-16-12/h5-6,9H,1-4,7-8H2,(H,14,15). The lowest BCUT2D eigenvalue weighted by molar-refractivity contribution is -0.137. The van der Waals surface area contributed by atoms with Crippen LogP contribution in [0.5, 0.6) is 5.75 Å². The number of aliphatic carboxylic acids is 1. The average molecular weight is 220 g/mol. The maximum atomic E-state index is 10.3. The van der Waals surface area contributed by atoms with Crippen LogP contribution >= 0.6 is 0 Å². The van der Waals surface area contributed by atoms with Crippen LogP contribution in [0.2, 0.25) is 0 Å². The molecule has 0 fully saturated rings. The van der Waals surface area contributed by atoms with Crippen molar-refractivity contribution in [2.45, 2.75) is 32.1 Å². The lowest BCUT2D eigenvalue weighted by Crippen LogP contribution is -1.95. The van der Waals surface area contributed by atoms with E-state index in [0.29, 0.717) is 0 Å². The van der Waals surface area contributed by atoms with Crippen molar-refractivity contribution in [2.24, 2.45) is 0 Å². The normalized spacial score (nSPS) is 13.2. The molecule has 0 bridgehead atoms. The van der Waals surface area contributed by atoms with Crippen LogP contribution in [0, 0.1) is 0 Å². The van der Waals surface area contributed by atoms with Gasteiger partial charge in [0.05, 0.1) is 6.61 Å². The SMILES string of the molecule is O=C(O)CCCCc1ccc2c(c1)CCO2. The highest BCUT2D eigenvalue weighted by atomic mass is 16.5. The largest absolute Gasteiger partial charge is 0.493 e. The number of hydrogen-bond acceptors (Lipinski definition) is 2. The van der Waals surface area contributed by atoms with E-state index in [-0.39, 0.29) is 6.42 Å². The van der Waals surface area contributed by atoms with Gasteiger partial charge in [0.25, 0.3) is 0 Å². The molecule has 0 aromatic heterocycles. The molecule has 0 radical (unpaired) electrons. The zero-order valence-corrected chi connectivity index (χ0v) is 9.24. The van der Waals surface area contributed by atoms with Crippen molar-refractivity contribution >= 4 is 5.97 Å². The van der Waals surface area contributed by atoms with Crippen LogP contribution in [0.1, 0.15) is 30.4 Å². The molecule has 2 rings (SSSR count). The van der Waals surface area contributed by atoms with Gasteiger partial charge in [0, 0.05) is 12.8 Å². The molecule has 1 aromatic rings. The molecule has 86 valence electrons. The van der Waals surface area contributed by atoms with Crippen LogP contribution in [0.3, 0.4) is 0 Å². The molecule has 3 heteroatoms. The van der Waals surface area contributed by atoms with Gasteiger partial charge < -0.3 is 9.84 Å². The number of carboxylic acids is 1. The van der Waals surface area contributed by atoms with E-state index in [4.69, 9.17) is 9.84 Å². The van der Waals surface area contributed by atoms with Crippen molar-refractivity contribution in [3.05, 3.63) is 29.3 Å². The molecule has 0 unspecified atom stereocenters. The molecule has 1 aliphatic heterocycles. The number of unbranched alkanes of at least 4 members (excludes halogenated alkanes) is 1. The Bertz CT molecular complexity index is 385. The van der Waals surface area contributed by atoms with E-state index in [0.717, 1.165) is 38.0 Å². The summed E-state index contributed by atoms with van der Waals surface area (Å²) in [6.07, 6.45) is 3.92. The first-order valence-electron chi connectivity index (χ1n) is 5.72. The van der Waals surface area contributed by atoms with Gasteiger partial charge in [-0.15, -0.1) is 0 Å². The van der Waals surface area contributed by atoms with Crippen LogP contribution in [0.4, 0.5) is 0 Å². The Hall–Kier alpha value is -1.51. The van der Waals surface area contributed by atoms with Crippen LogP contribution in [-0.2, 0) is 17.6 Å². The van der Waals surface area contributed by atoms with Crippen LogP contribution < -0.4 is 4.74 Å². The molecule has 0 amide bonds. The molecule has 0 aliphatic carbocycles. The van der Waals surface area contributed by atoms with Crippen molar-refractivity contribution in [2.75, 3.05) is 6.61 Å². The number of benzene rings is 1. The molecular formula is C13H16O3. The highest BCUT2D eigenvalue weighted by Gasteiger charge is 2.11. The second-order valence-corrected chi connectivity index (χ2v) is 4.14. The number of carbonyl (C=O) groups is 1. The zero-order valence-electron chi connectivity index (χ0n) is 9.24. The first-order valence-corrected chi connectivity index (χ1v) is 5.72. The number of rotatable bonds is 5. The quantitative estimate of drug-likeness (QED) is 0.775. The molecule has 0 atom stereocenters. The van der Waals surface area contributed by atoms with Crippen molar-refractivity contribution < 1.29 is 14.6 Å². The number of aryl methyl sites for hydroxylation is 1. The Morgan fingerprint density at radius 3 is 3.06 bits per heavy atom. The first-order chi connectivity index (χ1) is 7.75. The number of fused-ring (bicyclic) bond motifs is 1. The van der Waals surface area contributed by atoms with Gasteiger partial charge in [-0.05, 0) is 36.5 Å². The Balaban J connectivity index is 1.83. The molecule has 1 heterocycles. The summed E-state index contributed by atoms with van der Waals surface area (Å²) in [6.45, 7) is 0.789. The minimum Gasteiger partial charge on any atom is -0.493 e. The number of carboxylic acid groups (broad SMARTS) is 1. The lowest BCUT2D eigenvalue weighted by atomic mass is 10.0. The summed E-state index contributed by atoms with van der Waals surface area (Å²) in [5.74, 6) is 0.302. The van der Waals surface area contributed by atoms with Gasteiger partial charge in [0.1, 0.15) is 5.75 Å². The van der Waals surface area contributed by atoms with E-state index in [1.807, 2.05) is 6.07 Å². The summed E-state index contributed by atoms with van der Waals surface area (Å²) in [4.78, 5) is 10.3. The monoisotopic (exact) mass is 220 g/mol. The third-order valence-corrected chi connectivity index (χ3v) is 2.86. The minimum absolute atomic E-state index is 0.272. The second kappa shape index (κ2) is 5.01. The molecule has 16 heavy (non-hydrogen) atoms. The van der Waals surface area contributed by atoms with Gasteiger partial charge in [-0.2, -0.15) is 0 Å². The van der Waals surface area contributed by atoms with Crippen molar-refractivity contribution in [3.63, 3.8) is 0 Å². The van der Waals surface area contributed by atoms with Crippen LogP contribution in [-0.4, -0.2) is 17.7 Å². The molecule has 0 saturated heterocycles. The topological polar surface area (TPSA) is 46.5 Å². The molecule has 0 saturated carbocycles. The maximum absolute atomic E-state index is 10.3. The highest BCUT2D eigenvalue weighted by Crippen LogP contribution is 2.26. The van der Waals surface area contributed by atoms with Crippen LogP contribution in [0.25, 0.3) is 0 Å². The second-order valence-electron chi connectivity index (χ2n) is 4.14. The number of hydrogen-bond donors (Lipinski definition) is 1. The fourth-order valence-corrected chi connectivity index (χ4v) is 2.00. The summed E-state index contributed by atoms with van der Waals surface area (Å²) in [7, 11) is 0. The zero-order chi connectivity index (χ0) is 11.4. The van der Waals surface area contributed by atoms with Crippen molar-refractivity contribution in [3.8, 4) is 5.75 Å². The fraction of sp³-hybridized carbons (Fsp3) is 0.462. The molecule has 3 nitrogen and oxygen atoms in total. The van der Waals surface area contributed by atoms with E-state index in [1.165, 1.54) is 11.1 Å². The minimum atomic E-state index is -0.706. The van der Waals surface area contributed by atoms with Crippen LogP contribution in [0.15, 0.2) is 18.2 Å². The maximum Gasteiger partial charge on any atom is 0.303 e. The summed E-state index contributed by atoms with van der Waals surface area (Å²) in [5.41, 5.74) is 2.57. The summed E-state index contributed by atoms with van der Waals surface area (Å²) < 4.78 is 5.43. The third kappa shape index (κ3) is 2.75. The first kappa shape index (κ1) is 11.0. The Morgan fingerprint density at radius 1 is 1.38 bits per heavy atom. The Kier molecular flexibility index (Phi) is 3.44. The van der Waals surface area contributed by atoms with E-state index >= 15 is 0 Å². The van der Waals surface area contributed by atoms with E-state index in [2.05, 4.69) is 12.1 Å². The van der Waals surface area contributed by atoms with Gasteiger partial charge in [-0.25, -0.2) is 0 Å². The predicted octanol–water partition coefficient (Wildman–Crippen LogP) is 2.42. The summed E-state index contributed by atoms with van der Waals surface area (Å²) in [5, 5.41) is 8.52. The van der Waals surface area contributed by atoms with Gasteiger partial charge in [0.2, 0.25) is 0 Å². The van der Waals surface area contributed by atoms with Gasteiger partial charge in [0.15, 0.2) is 0 Å². The van der Waals surface area contributed by atoms with Gasteiger partial charge in [-0.3, -0.25) is 4.79 Å². The fourth-order valence-electron chi connectivity index (χ4n) is 2.00. The Morgan fingerprint density at radius 2 is 2.25 bits per heavy atom. The van der Waals surface area contributed by atoms with E-state index < -0.39 is 5.97 Å². The third-order valence-electron chi connectivity index (χ3n) is 2.86. The molecule has 1 aliphatic rings. The number of ether oxygens (including phenoxy) is 1. The summed E-state index contributed by atoms with van der Waals surface area (Å²) >= 11 is 0. The van der Waals surface area contributed by atoms with Crippen molar-refractivity contribution in [1.29, 1.82) is 0 Å². The smallest absolute Gasteiger partial charge is 0.303 e. The van der Waals surface area contributed by atoms with Crippen molar-refractivity contribution in [1.82, 2.24) is 0 Å². The van der Waals surface area contributed by atoms with Gasteiger partial charge in [-0.1, -0.05) is 12.1 Å². The van der Waals surface area contributed by atoms with Gasteiger partial charge >= 0.3 is 5.97 Å². The van der Waals surface area contributed by atoms with E-state index in [1.54, 1.807) is 0 Å². The Labute approximate surface area is 95.0 Å². The predicted molar refractivity (Wildman–Crippen MR) is 60.8 cm³/mol. The molecule has 1 N–H and O–H groups in total. The average Bonchev–Trinajstić information content (AvgIpc) is 2.71. The molecule has 0 spiro atoms.